The van der Waals surface area contributed by atoms with Crippen molar-refractivity contribution in [3.8, 4) is 0 Å². The molecule has 2 aromatic rings. The minimum absolute atomic E-state index is 0.193. The molecule has 2 N–H and O–H groups in total. The second-order valence-electron chi connectivity index (χ2n) is 5.97. The number of para-hydroxylation sites is 1. The molecule has 0 radical (unpaired) electrons. The summed E-state index contributed by atoms with van der Waals surface area (Å²) in [5, 5.41) is 1.17. The highest BCUT2D eigenvalue weighted by molar-refractivity contribution is 5.81. The standard InChI is InChI=1S/C17H24N2O2/c1-12-7-8-19(10-17(12)20-2)15(9-18)14-11-21-16-6-4-3-5-13(14)16/h3-6,11-12,15,17H,7-10,18H2,1-2H3. The third kappa shape index (κ3) is 2.71. The molecule has 0 saturated carbocycles. The molecule has 1 fully saturated rings. The van der Waals surface area contributed by atoms with Crippen LogP contribution in [-0.2, 0) is 4.74 Å². The molecule has 3 atom stereocenters. The van der Waals surface area contributed by atoms with Crippen LogP contribution in [0.1, 0.15) is 24.9 Å². The SMILES string of the molecule is COC1CN(C(CN)c2coc3ccccc23)CCC1C. The van der Waals surface area contributed by atoms with Crippen LogP contribution < -0.4 is 5.73 Å². The van der Waals surface area contributed by atoms with Gasteiger partial charge in [0.05, 0.1) is 18.4 Å². The van der Waals surface area contributed by atoms with Crippen LogP contribution in [0, 0.1) is 5.92 Å². The van der Waals surface area contributed by atoms with Crippen LogP contribution in [0.2, 0.25) is 0 Å². The Morgan fingerprint density at radius 2 is 2.24 bits per heavy atom. The van der Waals surface area contributed by atoms with Gasteiger partial charge in [-0.25, -0.2) is 0 Å². The molecule has 0 aliphatic carbocycles. The van der Waals surface area contributed by atoms with Crippen LogP contribution in [-0.4, -0.2) is 37.7 Å². The lowest BCUT2D eigenvalue weighted by molar-refractivity contribution is -0.0182. The van der Waals surface area contributed by atoms with Crippen molar-refractivity contribution >= 4 is 11.0 Å². The lowest BCUT2D eigenvalue weighted by Gasteiger charge is -2.40. The highest BCUT2D eigenvalue weighted by Gasteiger charge is 2.31. The van der Waals surface area contributed by atoms with Gasteiger partial charge in [-0.05, 0) is 24.9 Å². The Morgan fingerprint density at radius 3 is 3.00 bits per heavy atom. The van der Waals surface area contributed by atoms with Crippen LogP contribution in [0.15, 0.2) is 34.9 Å². The number of ether oxygens (including phenoxy) is 1. The Balaban J connectivity index is 1.88. The first-order valence-corrected chi connectivity index (χ1v) is 7.67. The van der Waals surface area contributed by atoms with Gasteiger partial charge in [0.25, 0.3) is 0 Å². The van der Waals surface area contributed by atoms with E-state index in [2.05, 4.69) is 17.9 Å². The third-order valence-corrected chi connectivity index (χ3v) is 4.76. The zero-order valence-electron chi connectivity index (χ0n) is 12.8. The highest BCUT2D eigenvalue weighted by Crippen LogP contribution is 2.32. The first-order chi connectivity index (χ1) is 10.2. The van der Waals surface area contributed by atoms with E-state index in [4.69, 9.17) is 14.9 Å². The van der Waals surface area contributed by atoms with Crippen molar-refractivity contribution < 1.29 is 9.15 Å². The number of fused-ring (bicyclic) bond motifs is 1. The average molecular weight is 288 g/mol. The van der Waals surface area contributed by atoms with E-state index in [1.165, 1.54) is 10.9 Å². The Labute approximate surface area is 125 Å². The van der Waals surface area contributed by atoms with E-state index in [0.29, 0.717) is 12.5 Å². The van der Waals surface area contributed by atoms with Gasteiger partial charge in [-0.2, -0.15) is 0 Å². The van der Waals surface area contributed by atoms with Crippen molar-refractivity contribution in [2.45, 2.75) is 25.5 Å². The van der Waals surface area contributed by atoms with Gasteiger partial charge in [0.15, 0.2) is 0 Å². The molecule has 1 saturated heterocycles. The third-order valence-electron chi connectivity index (χ3n) is 4.76. The fourth-order valence-electron chi connectivity index (χ4n) is 3.38. The monoisotopic (exact) mass is 288 g/mol. The molecule has 4 nitrogen and oxygen atoms in total. The predicted molar refractivity (Wildman–Crippen MR) is 84.2 cm³/mol. The number of furan rings is 1. The summed E-state index contributed by atoms with van der Waals surface area (Å²) < 4.78 is 11.3. The normalized spacial score (nSPS) is 25.3. The van der Waals surface area contributed by atoms with Gasteiger partial charge >= 0.3 is 0 Å². The van der Waals surface area contributed by atoms with Crippen molar-refractivity contribution in [2.24, 2.45) is 11.7 Å². The van der Waals surface area contributed by atoms with Crippen molar-refractivity contribution in [1.29, 1.82) is 0 Å². The minimum atomic E-state index is 0.193. The van der Waals surface area contributed by atoms with E-state index in [9.17, 15) is 0 Å². The van der Waals surface area contributed by atoms with E-state index in [-0.39, 0.29) is 12.1 Å². The van der Waals surface area contributed by atoms with Crippen molar-refractivity contribution in [1.82, 2.24) is 4.90 Å². The molecule has 3 unspecified atom stereocenters. The molecule has 0 bridgehead atoms. The second kappa shape index (κ2) is 6.18. The van der Waals surface area contributed by atoms with Gasteiger partial charge in [-0.3, -0.25) is 4.90 Å². The fraction of sp³-hybridized carbons (Fsp3) is 0.529. The van der Waals surface area contributed by atoms with Crippen molar-refractivity contribution in [3.05, 3.63) is 36.1 Å². The summed E-state index contributed by atoms with van der Waals surface area (Å²) in [7, 11) is 1.80. The van der Waals surface area contributed by atoms with Crippen LogP contribution >= 0.6 is 0 Å². The number of nitrogens with zero attached hydrogens (tertiary/aromatic N) is 1. The molecule has 1 aromatic carbocycles. The summed E-state index contributed by atoms with van der Waals surface area (Å²) >= 11 is 0. The molecule has 21 heavy (non-hydrogen) atoms. The number of methoxy groups -OCH3 is 1. The number of nitrogens with two attached hydrogens (primary N) is 1. The molecule has 1 aliphatic heterocycles. The van der Waals surface area contributed by atoms with E-state index in [1.807, 2.05) is 24.5 Å². The maximum absolute atomic E-state index is 6.08. The first kappa shape index (κ1) is 14.6. The zero-order valence-corrected chi connectivity index (χ0v) is 12.8. The van der Waals surface area contributed by atoms with Crippen molar-refractivity contribution in [2.75, 3.05) is 26.7 Å². The van der Waals surface area contributed by atoms with E-state index in [1.54, 1.807) is 7.11 Å². The number of benzene rings is 1. The summed E-state index contributed by atoms with van der Waals surface area (Å²) in [5.74, 6) is 0.603. The van der Waals surface area contributed by atoms with Gasteiger partial charge in [0.1, 0.15) is 5.58 Å². The lowest BCUT2D eigenvalue weighted by atomic mass is 9.93. The topological polar surface area (TPSA) is 51.6 Å². The van der Waals surface area contributed by atoms with Crippen LogP contribution in [0.5, 0.6) is 0 Å². The molecular formula is C17H24N2O2. The Hall–Kier alpha value is -1.36. The molecule has 114 valence electrons. The van der Waals surface area contributed by atoms with E-state index >= 15 is 0 Å². The van der Waals surface area contributed by atoms with Gasteiger partial charge in [0.2, 0.25) is 0 Å². The van der Waals surface area contributed by atoms with Crippen LogP contribution in [0.4, 0.5) is 0 Å². The highest BCUT2D eigenvalue weighted by atomic mass is 16.5. The summed E-state index contributed by atoms with van der Waals surface area (Å²) in [6.45, 7) is 4.84. The number of piperidine rings is 1. The maximum atomic E-state index is 6.08. The number of hydrogen-bond acceptors (Lipinski definition) is 4. The smallest absolute Gasteiger partial charge is 0.134 e. The van der Waals surface area contributed by atoms with E-state index in [0.717, 1.165) is 25.1 Å². The summed E-state index contributed by atoms with van der Waals surface area (Å²) in [6.07, 6.45) is 3.29. The molecule has 4 heteroatoms. The van der Waals surface area contributed by atoms with Gasteiger partial charge < -0.3 is 14.9 Å². The Kier molecular flexibility index (Phi) is 4.29. The molecule has 0 amide bonds. The maximum Gasteiger partial charge on any atom is 0.134 e. The number of hydrogen-bond donors (Lipinski definition) is 1. The quantitative estimate of drug-likeness (QED) is 0.940. The van der Waals surface area contributed by atoms with Crippen LogP contribution in [0.25, 0.3) is 11.0 Å². The van der Waals surface area contributed by atoms with Crippen LogP contribution in [0.3, 0.4) is 0 Å². The predicted octanol–water partition coefficient (Wildman–Crippen LogP) is 2.79. The van der Waals surface area contributed by atoms with Gasteiger partial charge in [-0.1, -0.05) is 25.1 Å². The second-order valence-corrected chi connectivity index (χ2v) is 5.97. The van der Waals surface area contributed by atoms with Crippen molar-refractivity contribution in [3.63, 3.8) is 0 Å². The number of likely N-dealkylation sites (tertiary alicyclic amines) is 1. The van der Waals surface area contributed by atoms with Gasteiger partial charge in [-0.15, -0.1) is 0 Å². The summed E-state index contributed by atoms with van der Waals surface area (Å²) in [4.78, 5) is 2.44. The van der Waals surface area contributed by atoms with Gasteiger partial charge in [0, 0.05) is 31.1 Å². The molecule has 1 aromatic heterocycles. The first-order valence-electron chi connectivity index (χ1n) is 7.67. The molecular weight excluding hydrogens is 264 g/mol. The minimum Gasteiger partial charge on any atom is -0.464 e. The Bertz CT molecular complexity index is 595. The van der Waals surface area contributed by atoms with E-state index < -0.39 is 0 Å². The zero-order chi connectivity index (χ0) is 14.8. The molecule has 3 rings (SSSR count). The fourth-order valence-corrected chi connectivity index (χ4v) is 3.38. The average Bonchev–Trinajstić information content (AvgIpc) is 2.94. The summed E-state index contributed by atoms with van der Waals surface area (Å²) in [6, 6.07) is 8.35. The Morgan fingerprint density at radius 1 is 1.43 bits per heavy atom. The molecule has 0 spiro atoms. The molecule has 2 heterocycles. The summed E-state index contributed by atoms with van der Waals surface area (Å²) in [5.41, 5.74) is 8.21. The largest absolute Gasteiger partial charge is 0.464 e. The lowest BCUT2D eigenvalue weighted by Crippen LogP contribution is -2.47. The number of rotatable bonds is 4. The molecule has 1 aliphatic rings.